The number of hydrogen-bond acceptors (Lipinski definition) is 3. The molecule has 3 aromatic rings. The lowest BCUT2D eigenvalue weighted by atomic mass is 10.2. The highest BCUT2D eigenvalue weighted by molar-refractivity contribution is 6.31. The van der Waals surface area contributed by atoms with Crippen molar-refractivity contribution >= 4 is 23.7 Å². The van der Waals surface area contributed by atoms with Gasteiger partial charge >= 0.3 is 0 Å². The summed E-state index contributed by atoms with van der Waals surface area (Å²) in [4.78, 5) is 12.3. The van der Waals surface area contributed by atoms with Crippen LogP contribution in [0, 0.1) is 20.8 Å². The van der Waals surface area contributed by atoms with Gasteiger partial charge in [-0.2, -0.15) is 5.10 Å². The van der Waals surface area contributed by atoms with E-state index in [4.69, 9.17) is 16.3 Å². The number of aromatic nitrogens is 1. The Balaban J connectivity index is 1.79. The van der Waals surface area contributed by atoms with E-state index >= 15 is 0 Å². The summed E-state index contributed by atoms with van der Waals surface area (Å²) in [5.41, 5.74) is 8.05. The van der Waals surface area contributed by atoms with Gasteiger partial charge in [0.05, 0.1) is 13.3 Å². The van der Waals surface area contributed by atoms with Crippen LogP contribution in [-0.4, -0.2) is 23.8 Å². The lowest BCUT2D eigenvalue weighted by Crippen LogP contribution is -2.17. The van der Waals surface area contributed by atoms with Crippen molar-refractivity contribution in [3.05, 3.63) is 81.6 Å². The maximum atomic E-state index is 12.3. The third-order valence-corrected chi connectivity index (χ3v) is 4.99. The predicted molar refractivity (Wildman–Crippen MR) is 113 cm³/mol. The molecule has 0 atom stereocenters. The van der Waals surface area contributed by atoms with E-state index in [-0.39, 0.29) is 5.91 Å². The van der Waals surface area contributed by atoms with Gasteiger partial charge in [-0.1, -0.05) is 23.7 Å². The Kier molecular flexibility index (Phi) is 5.85. The Morgan fingerprint density at radius 3 is 2.64 bits per heavy atom. The third-order valence-electron chi connectivity index (χ3n) is 4.59. The molecule has 5 nitrogen and oxygen atoms in total. The number of nitrogens with one attached hydrogen (secondary N) is 1. The first-order valence-electron chi connectivity index (χ1n) is 8.83. The van der Waals surface area contributed by atoms with Crippen LogP contribution in [-0.2, 0) is 0 Å². The van der Waals surface area contributed by atoms with E-state index in [0.29, 0.717) is 11.3 Å². The summed E-state index contributed by atoms with van der Waals surface area (Å²) in [5.74, 6) is 0.325. The molecule has 0 aliphatic rings. The van der Waals surface area contributed by atoms with Crippen molar-refractivity contribution in [2.75, 3.05) is 7.11 Å². The smallest absolute Gasteiger partial charge is 0.271 e. The molecule has 0 fully saturated rings. The molecule has 0 radical (unpaired) electrons. The normalized spacial score (nSPS) is 11.0. The number of aryl methyl sites for hydroxylation is 2. The lowest BCUT2D eigenvalue weighted by molar-refractivity contribution is 0.0955. The zero-order chi connectivity index (χ0) is 20.3. The summed E-state index contributed by atoms with van der Waals surface area (Å²) in [5, 5.41) is 4.84. The highest BCUT2D eigenvalue weighted by Gasteiger charge is 2.11. The summed E-state index contributed by atoms with van der Waals surface area (Å²) in [6.07, 6.45) is 1.65. The Morgan fingerprint density at radius 2 is 1.93 bits per heavy atom. The van der Waals surface area contributed by atoms with Crippen LogP contribution in [0.4, 0.5) is 0 Å². The summed E-state index contributed by atoms with van der Waals surface area (Å²) in [6, 6.07) is 14.9. The average Bonchev–Trinajstić information content (AvgIpc) is 2.97. The van der Waals surface area contributed by atoms with Crippen LogP contribution in [0.3, 0.4) is 0 Å². The molecule has 0 bridgehead atoms. The van der Waals surface area contributed by atoms with E-state index in [1.54, 1.807) is 37.6 Å². The molecule has 28 heavy (non-hydrogen) atoms. The second-order valence-corrected chi connectivity index (χ2v) is 6.93. The van der Waals surface area contributed by atoms with Gasteiger partial charge in [-0.25, -0.2) is 5.43 Å². The molecular weight excluding hydrogens is 374 g/mol. The number of rotatable bonds is 5. The van der Waals surface area contributed by atoms with E-state index in [0.717, 1.165) is 33.2 Å². The van der Waals surface area contributed by atoms with Crippen LogP contribution in [0.15, 0.2) is 53.6 Å². The minimum Gasteiger partial charge on any atom is -0.497 e. The number of halogens is 1. The molecule has 0 unspecified atom stereocenters. The van der Waals surface area contributed by atoms with Gasteiger partial charge < -0.3 is 9.30 Å². The van der Waals surface area contributed by atoms with Crippen LogP contribution in [0.5, 0.6) is 5.75 Å². The summed E-state index contributed by atoms with van der Waals surface area (Å²) in [6.45, 7) is 6.00. The van der Waals surface area contributed by atoms with Crippen LogP contribution in [0.25, 0.3) is 5.69 Å². The number of carbonyl (C=O) groups excluding carboxylic acids is 1. The largest absolute Gasteiger partial charge is 0.497 e. The molecule has 1 heterocycles. The zero-order valence-corrected chi connectivity index (χ0v) is 17.0. The topological polar surface area (TPSA) is 55.6 Å². The molecule has 0 aliphatic carbocycles. The number of nitrogens with zero attached hydrogens (tertiary/aromatic N) is 2. The molecular formula is C22H22ClN3O2. The monoisotopic (exact) mass is 395 g/mol. The third kappa shape index (κ3) is 4.10. The Morgan fingerprint density at radius 1 is 1.14 bits per heavy atom. The van der Waals surface area contributed by atoms with Crippen molar-refractivity contribution < 1.29 is 9.53 Å². The molecule has 1 N–H and O–H groups in total. The van der Waals surface area contributed by atoms with E-state index in [1.165, 1.54) is 0 Å². The van der Waals surface area contributed by atoms with Crippen molar-refractivity contribution in [3.8, 4) is 11.4 Å². The van der Waals surface area contributed by atoms with Gasteiger partial charge in [0.25, 0.3) is 5.91 Å². The van der Waals surface area contributed by atoms with E-state index in [9.17, 15) is 4.79 Å². The number of benzene rings is 2. The van der Waals surface area contributed by atoms with Gasteiger partial charge in [-0.05, 0) is 62.7 Å². The number of carbonyl (C=O) groups is 1. The van der Waals surface area contributed by atoms with E-state index < -0.39 is 0 Å². The highest BCUT2D eigenvalue weighted by Crippen LogP contribution is 2.24. The Hall–Kier alpha value is -3.05. The molecule has 1 amide bonds. The number of methoxy groups -OCH3 is 1. The molecule has 0 aliphatic heterocycles. The summed E-state index contributed by atoms with van der Waals surface area (Å²) in [7, 11) is 1.56. The fourth-order valence-electron chi connectivity index (χ4n) is 3.03. The van der Waals surface area contributed by atoms with Crippen LogP contribution in [0.2, 0.25) is 5.02 Å². The van der Waals surface area contributed by atoms with Crippen molar-refractivity contribution in [3.63, 3.8) is 0 Å². The first kappa shape index (κ1) is 19.7. The van der Waals surface area contributed by atoms with Crippen LogP contribution >= 0.6 is 11.6 Å². The SMILES string of the molecule is COc1cccc(C(=O)N/N=C\c2cc(C)n(-c3ccc(C)c(Cl)c3)c2C)c1. The number of hydrazone groups is 1. The second-order valence-electron chi connectivity index (χ2n) is 6.53. The molecule has 2 aromatic carbocycles. The Labute approximate surface area is 169 Å². The van der Waals surface area contributed by atoms with Crippen molar-refractivity contribution in [2.24, 2.45) is 5.10 Å². The minimum atomic E-state index is -0.297. The zero-order valence-electron chi connectivity index (χ0n) is 16.3. The minimum absolute atomic E-state index is 0.297. The fraction of sp³-hybridized carbons (Fsp3) is 0.182. The summed E-state index contributed by atoms with van der Waals surface area (Å²) < 4.78 is 7.25. The van der Waals surface area contributed by atoms with Gasteiger partial charge in [0.15, 0.2) is 0 Å². The van der Waals surface area contributed by atoms with Gasteiger partial charge in [-0.15, -0.1) is 0 Å². The first-order valence-corrected chi connectivity index (χ1v) is 9.21. The molecule has 144 valence electrons. The van der Waals surface area contributed by atoms with Gasteiger partial charge in [0.1, 0.15) is 5.75 Å². The maximum absolute atomic E-state index is 12.3. The highest BCUT2D eigenvalue weighted by atomic mass is 35.5. The maximum Gasteiger partial charge on any atom is 0.271 e. The van der Waals surface area contributed by atoms with Crippen LogP contribution in [0.1, 0.15) is 32.9 Å². The molecule has 0 saturated carbocycles. The Bertz CT molecular complexity index is 1050. The van der Waals surface area contributed by atoms with Gasteiger partial charge in [-0.3, -0.25) is 4.79 Å². The standard InChI is InChI=1S/C22H22ClN3O2/c1-14-8-9-19(12-21(14)23)26-15(2)10-18(16(26)3)13-24-25-22(27)17-6-5-7-20(11-17)28-4/h5-13H,1-4H3,(H,25,27)/b24-13-. The quantitative estimate of drug-likeness (QED) is 0.497. The number of ether oxygens (including phenoxy) is 1. The van der Waals surface area contributed by atoms with Crippen molar-refractivity contribution in [1.29, 1.82) is 0 Å². The molecule has 3 rings (SSSR count). The van der Waals surface area contributed by atoms with E-state index in [2.05, 4.69) is 15.1 Å². The molecule has 1 aromatic heterocycles. The van der Waals surface area contributed by atoms with Gasteiger partial charge in [0, 0.05) is 33.2 Å². The molecule has 0 saturated heterocycles. The number of amides is 1. The number of hydrogen-bond donors (Lipinski definition) is 1. The molecule has 6 heteroatoms. The second kappa shape index (κ2) is 8.31. The first-order chi connectivity index (χ1) is 13.4. The van der Waals surface area contributed by atoms with Gasteiger partial charge in [0.2, 0.25) is 0 Å². The van der Waals surface area contributed by atoms with Crippen LogP contribution < -0.4 is 10.2 Å². The predicted octanol–water partition coefficient (Wildman–Crippen LogP) is 4.83. The fourth-order valence-corrected chi connectivity index (χ4v) is 3.20. The lowest BCUT2D eigenvalue weighted by Gasteiger charge is -2.11. The average molecular weight is 396 g/mol. The molecule has 0 spiro atoms. The van der Waals surface area contributed by atoms with Crippen molar-refractivity contribution in [2.45, 2.75) is 20.8 Å². The van der Waals surface area contributed by atoms with E-state index in [1.807, 2.05) is 45.0 Å². The van der Waals surface area contributed by atoms with Crippen molar-refractivity contribution in [1.82, 2.24) is 9.99 Å². The summed E-state index contributed by atoms with van der Waals surface area (Å²) >= 11 is 6.28.